The van der Waals surface area contributed by atoms with Gasteiger partial charge in [0.05, 0.1) is 22.1 Å². The van der Waals surface area contributed by atoms with Gasteiger partial charge < -0.3 is 13.9 Å². The molecular weight excluding hydrogens is 671 g/mol. The van der Waals surface area contributed by atoms with Crippen molar-refractivity contribution in [3.8, 4) is 27.9 Å². The zero-order valence-electron chi connectivity index (χ0n) is 30.3. The van der Waals surface area contributed by atoms with Gasteiger partial charge in [-0.05, 0) is 108 Å². The Labute approximate surface area is 319 Å². The molecule has 0 spiro atoms. The molecule has 3 heterocycles. The largest absolute Gasteiger partial charge is 0.510 e. The first kappa shape index (κ1) is 32.3. The molecule has 4 heteroatoms. The summed E-state index contributed by atoms with van der Waals surface area (Å²) in [4.78, 5) is 0. The summed E-state index contributed by atoms with van der Waals surface area (Å²) in [6.45, 7) is 2.00. The molecule has 0 amide bonds. The van der Waals surface area contributed by atoms with Crippen molar-refractivity contribution in [2.24, 2.45) is 0 Å². The van der Waals surface area contributed by atoms with E-state index >= 15 is 0 Å². The fraction of sp³-hybridized carbons (Fsp3) is 0.0196. The Hall–Kier alpha value is -7.39. The molecule has 7 aromatic carbocycles. The highest BCUT2D eigenvalue weighted by Crippen LogP contribution is 2.37. The first-order valence-corrected chi connectivity index (χ1v) is 18.7. The first-order valence-electron chi connectivity index (χ1n) is 18.7. The number of fused-ring (bicyclic) bond motifs is 6. The van der Waals surface area contributed by atoms with Crippen LogP contribution in [-0.4, -0.2) is 20.9 Å². The van der Waals surface area contributed by atoms with Gasteiger partial charge in [-0.25, -0.2) is 0 Å². The molecule has 0 saturated heterocycles. The fourth-order valence-electron chi connectivity index (χ4n) is 7.84. The van der Waals surface area contributed by atoms with Crippen molar-refractivity contribution in [2.45, 2.75) is 6.92 Å². The maximum atomic E-state index is 6.02. The van der Waals surface area contributed by atoms with Crippen LogP contribution in [0.4, 0.5) is 0 Å². The standard InChI is InChI=1S/C51H36N3O/c1-2-14-37(50-52-51(55-50)38-17-7-4-8-18-38)19-13-32-53-46-22-11-9-20-42(46)44-33-39(26-30-47(44)53)40-27-31-49-45(34-40)43-21-10-12-23-48(43)54(49)41-28-24-36(25-29-41)35-15-5-3-6-16-35/h2-34H,1H3/q+1/b14-2-. The van der Waals surface area contributed by atoms with Crippen molar-refractivity contribution >= 4 is 61.6 Å². The van der Waals surface area contributed by atoms with Crippen molar-refractivity contribution in [1.82, 2.24) is 13.8 Å². The van der Waals surface area contributed by atoms with E-state index in [2.05, 4.69) is 172 Å². The Morgan fingerprint density at radius 2 is 1.02 bits per heavy atom. The van der Waals surface area contributed by atoms with Crippen molar-refractivity contribution in [3.63, 3.8) is 0 Å². The van der Waals surface area contributed by atoms with Gasteiger partial charge in [-0.2, -0.15) is 0 Å². The SMILES string of the molecule is C\C=C/C(=C\C=C\n1c2ccccc2c2cc(-c3ccc4c(c3)c3ccccc3n4-c3ccc(-c4ccccc4)cc3)ccc21)C1=[N+]=C(c2ccccc2)O1. The molecule has 0 saturated carbocycles. The van der Waals surface area contributed by atoms with E-state index < -0.39 is 0 Å². The minimum absolute atomic E-state index is 0.620. The maximum absolute atomic E-state index is 6.02. The summed E-state index contributed by atoms with van der Waals surface area (Å²) in [6, 6.07) is 60.5. The summed E-state index contributed by atoms with van der Waals surface area (Å²) in [5.74, 6) is 1.27. The number of allylic oxidation sites excluding steroid dienone is 3. The third-order valence-electron chi connectivity index (χ3n) is 10.5. The second-order valence-electron chi connectivity index (χ2n) is 13.8. The Morgan fingerprint density at radius 3 is 1.71 bits per heavy atom. The number of ether oxygens (including phenoxy) is 1. The highest BCUT2D eigenvalue weighted by atomic mass is 16.5. The smallest absolute Gasteiger partial charge is 0.321 e. The second-order valence-corrected chi connectivity index (χ2v) is 13.8. The molecule has 1 aliphatic heterocycles. The van der Waals surface area contributed by atoms with Gasteiger partial charge in [0, 0.05) is 38.1 Å². The second kappa shape index (κ2) is 13.5. The van der Waals surface area contributed by atoms with Crippen molar-refractivity contribution < 1.29 is 4.74 Å². The number of hydrogen-bond acceptors (Lipinski definition) is 1. The Balaban J connectivity index is 1.02. The molecule has 1 aliphatic rings. The molecule has 0 N–H and O–H groups in total. The number of nitrogens with zero attached hydrogens (tertiary/aromatic N) is 3. The third kappa shape index (κ3) is 5.70. The lowest BCUT2D eigenvalue weighted by atomic mass is 10.0. The summed E-state index contributed by atoms with van der Waals surface area (Å²) < 4.78 is 15.4. The Bertz CT molecular complexity index is 3080. The van der Waals surface area contributed by atoms with Crippen LogP contribution in [0.5, 0.6) is 0 Å². The predicted octanol–water partition coefficient (Wildman–Crippen LogP) is 12.1. The van der Waals surface area contributed by atoms with E-state index in [1.807, 2.05) is 49.4 Å². The molecule has 55 heavy (non-hydrogen) atoms. The lowest BCUT2D eigenvalue weighted by Crippen LogP contribution is -2.29. The molecule has 9 aromatic rings. The van der Waals surface area contributed by atoms with Gasteiger partial charge in [-0.3, -0.25) is 0 Å². The fourth-order valence-corrected chi connectivity index (χ4v) is 7.84. The van der Waals surface area contributed by atoms with E-state index in [0.717, 1.165) is 27.9 Å². The number of benzene rings is 7. The highest BCUT2D eigenvalue weighted by Gasteiger charge is 2.35. The summed E-state index contributed by atoms with van der Waals surface area (Å²) in [7, 11) is 0. The zero-order chi connectivity index (χ0) is 36.7. The van der Waals surface area contributed by atoms with Crippen molar-refractivity contribution in [1.29, 1.82) is 0 Å². The van der Waals surface area contributed by atoms with Crippen molar-refractivity contribution in [3.05, 3.63) is 205 Å². The topological polar surface area (TPSA) is 33.2 Å². The van der Waals surface area contributed by atoms with Crippen LogP contribution in [0.3, 0.4) is 0 Å². The molecular formula is C51H36N3O+. The van der Waals surface area contributed by atoms with Gasteiger partial charge >= 0.3 is 11.8 Å². The Kier molecular flexibility index (Phi) is 7.95. The van der Waals surface area contributed by atoms with Crippen LogP contribution in [0.1, 0.15) is 12.5 Å². The molecule has 4 nitrogen and oxygen atoms in total. The first-order chi connectivity index (χ1) is 27.2. The molecule has 0 aliphatic carbocycles. The van der Waals surface area contributed by atoms with E-state index in [0.29, 0.717) is 11.8 Å². The predicted molar refractivity (Wildman–Crippen MR) is 232 cm³/mol. The lowest BCUT2D eigenvalue weighted by molar-refractivity contribution is 0.510. The van der Waals surface area contributed by atoms with Crippen LogP contribution in [0.15, 0.2) is 200 Å². The Morgan fingerprint density at radius 1 is 0.509 bits per heavy atom. The quantitative estimate of drug-likeness (QED) is 0.114. The highest BCUT2D eigenvalue weighted by molar-refractivity contribution is 6.15. The van der Waals surface area contributed by atoms with E-state index in [9.17, 15) is 0 Å². The normalized spacial score (nSPS) is 13.2. The van der Waals surface area contributed by atoms with Gasteiger partial charge in [-0.1, -0.05) is 115 Å². The number of para-hydroxylation sites is 2. The van der Waals surface area contributed by atoms with Gasteiger partial charge in [0.25, 0.3) is 0 Å². The summed E-state index contributed by atoms with van der Waals surface area (Å²) >= 11 is 0. The molecule has 0 fully saturated rings. The van der Waals surface area contributed by atoms with Crippen LogP contribution in [0.25, 0.3) is 77.8 Å². The van der Waals surface area contributed by atoms with Crippen LogP contribution in [-0.2, 0) is 4.74 Å². The van der Waals surface area contributed by atoms with E-state index in [1.165, 1.54) is 54.8 Å². The summed E-state index contributed by atoms with van der Waals surface area (Å²) in [5.41, 5.74) is 12.5. The van der Waals surface area contributed by atoms with Crippen LogP contribution >= 0.6 is 0 Å². The van der Waals surface area contributed by atoms with Gasteiger partial charge in [0.15, 0.2) is 0 Å². The molecule has 0 atom stereocenters. The summed E-state index contributed by atoms with van der Waals surface area (Å²) in [6.07, 6.45) is 10.3. The number of aromatic nitrogens is 2. The van der Waals surface area contributed by atoms with E-state index in [4.69, 9.17) is 4.74 Å². The van der Waals surface area contributed by atoms with Crippen LogP contribution < -0.4 is 4.67 Å². The lowest BCUT2D eigenvalue weighted by Gasteiger charge is -2.10. The average molecular weight is 707 g/mol. The minimum Gasteiger partial charge on any atom is -0.321 e. The molecule has 260 valence electrons. The maximum Gasteiger partial charge on any atom is 0.510 e. The number of hydrogen-bond donors (Lipinski definition) is 0. The number of rotatable bonds is 8. The molecule has 0 unspecified atom stereocenters. The molecule has 2 aromatic heterocycles. The third-order valence-corrected chi connectivity index (χ3v) is 10.5. The van der Waals surface area contributed by atoms with Gasteiger partial charge in [0.1, 0.15) is 11.1 Å². The van der Waals surface area contributed by atoms with Gasteiger partial charge in [-0.15, -0.1) is 0 Å². The van der Waals surface area contributed by atoms with Crippen LogP contribution in [0.2, 0.25) is 0 Å². The van der Waals surface area contributed by atoms with Crippen LogP contribution in [0, 0.1) is 0 Å². The van der Waals surface area contributed by atoms with Gasteiger partial charge in [0.2, 0.25) is 0 Å². The molecule has 10 rings (SSSR count). The van der Waals surface area contributed by atoms with Crippen molar-refractivity contribution in [2.75, 3.05) is 0 Å². The average Bonchev–Trinajstić information content (AvgIpc) is 3.73. The summed E-state index contributed by atoms with van der Waals surface area (Å²) in [5, 5.41) is 4.91. The monoisotopic (exact) mass is 706 g/mol. The minimum atomic E-state index is 0.620. The molecule has 0 radical (unpaired) electrons. The molecule has 0 bridgehead atoms. The zero-order valence-corrected chi connectivity index (χ0v) is 30.3. The van der Waals surface area contributed by atoms with E-state index in [-0.39, 0.29) is 0 Å². The van der Waals surface area contributed by atoms with E-state index in [1.54, 1.807) is 0 Å².